The van der Waals surface area contributed by atoms with E-state index in [2.05, 4.69) is 10.2 Å². The summed E-state index contributed by atoms with van der Waals surface area (Å²) in [7, 11) is 1.69. The van der Waals surface area contributed by atoms with Gasteiger partial charge in [-0.05, 0) is 24.4 Å². The Morgan fingerprint density at radius 1 is 1.53 bits per heavy atom. The fraction of sp³-hybridized carbons (Fsp3) is 0.111. The molecular formula is C9H8FN3OS. The summed E-state index contributed by atoms with van der Waals surface area (Å²) in [6, 6.07) is 3.89. The van der Waals surface area contributed by atoms with Gasteiger partial charge >= 0.3 is 0 Å². The highest BCUT2D eigenvalue weighted by molar-refractivity contribution is 7.71. The van der Waals surface area contributed by atoms with Crippen LogP contribution in [0.5, 0.6) is 5.75 Å². The van der Waals surface area contributed by atoms with Crippen LogP contribution in [0.1, 0.15) is 0 Å². The molecule has 0 amide bonds. The second-order valence-electron chi connectivity index (χ2n) is 3.08. The summed E-state index contributed by atoms with van der Waals surface area (Å²) in [5.41, 5.74) is 0.294. The summed E-state index contributed by atoms with van der Waals surface area (Å²) in [6.07, 6.45) is 0. The summed E-state index contributed by atoms with van der Waals surface area (Å²) >= 11 is 4.92. The number of hydrogen-bond donors (Lipinski definition) is 2. The van der Waals surface area contributed by atoms with Crippen LogP contribution < -0.4 is 0 Å². The molecule has 1 aromatic heterocycles. The molecule has 4 nitrogen and oxygen atoms in total. The fourth-order valence-corrected chi connectivity index (χ4v) is 1.41. The highest BCUT2D eigenvalue weighted by Crippen LogP contribution is 2.23. The molecule has 6 heteroatoms. The van der Waals surface area contributed by atoms with Gasteiger partial charge in [-0.25, -0.2) is 4.39 Å². The average molecular weight is 225 g/mol. The molecule has 0 bridgehead atoms. The standard InChI is InChI=1S/C9H8FN3OS/c1-13-8(11-12-9(13)15)6-3-2-5(14)4-7(6)10/h2-4,14H,1H3,(H,12,15). The molecule has 2 aromatic rings. The molecule has 78 valence electrons. The van der Waals surface area contributed by atoms with Crippen molar-refractivity contribution in [2.45, 2.75) is 0 Å². The third-order valence-corrected chi connectivity index (χ3v) is 2.44. The van der Waals surface area contributed by atoms with E-state index in [4.69, 9.17) is 17.3 Å². The molecule has 0 saturated carbocycles. The summed E-state index contributed by atoms with van der Waals surface area (Å²) in [6.45, 7) is 0. The maximum Gasteiger partial charge on any atom is 0.195 e. The molecule has 0 fully saturated rings. The Hall–Kier alpha value is -1.69. The number of H-pyrrole nitrogens is 1. The Labute approximate surface area is 90.0 Å². The van der Waals surface area contributed by atoms with Gasteiger partial charge in [-0.1, -0.05) is 0 Å². The van der Waals surface area contributed by atoms with Crippen molar-refractivity contribution >= 4 is 12.2 Å². The van der Waals surface area contributed by atoms with Crippen LogP contribution in [0.25, 0.3) is 11.4 Å². The van der Waals surface area contributed by atoms with Gasteiger partial charge in [0.1, 0.15) is 11.6 Å². The van der Waals surface area contributed by atoms with Crippen molar-refractivity contribution in [1.29, 1.82) is 0 Å². The number of halogens is 1. The molecule has 0 aliphatic carbocycles. The molecule has 15 heavy (non-hydrogen) atoms. The van der Waals surface area contributed by atoms with Crippen molar-refractivity contribution in [2.24, 2.45) is 7.05 Å². The van der Waals surface area contributed by atoms with Crippen LogP contribution in [0, 0.1) is 10.6 Å². The van der Waals surface area contributed by atoms with E-state index in [9.17, 15) is 4.39 Å². The minimum absolute atomic E-state index is 0.118. The molecule has 2 rings (SSSR count). The SMILES string of the molecule is Cn1c(-c2ccc(O)cc2F)n[nH]c1=S. The minimum atomic E-state index is -0.535. The predicted molar refractivity (Wildman–Crippen MR) is 55.5 cm³/mol. The number of aromatic amines is 1. The van der Waals surface area contributed by atoms with Crippen LogP contribution in [0.2, 0.25) is 0 Å². The summed E-state index contributed by atoms with van der Waals surface area (Å²) in [5, 5.41) is 15.5. The Morgan fingerprint density at radius 3 is 2.80 bits per heavy atom. The number of benzene rings is 1. The van der Waals surface area contributed by atoms with E-state index in [1.165, 1.54) is 12.1 Å². The number of hydrogen-bond acceptors (Lipinski definition) is 3. The van der Waals surface area contributed by atoms with Gasteiger partial charge in [0.15, 0.2) is 10.6 Å². The molecule has 2 N–H and O–H groups in total. The van der Waals surface area contributed by atoms with Gasteiger partial charge in [-0.2, -0.15) is 5.10 Å². The smallest absolute Gasteiger partial charge is 0.195 e. The van der Waals surface area contributed by atoms with E-state index in [0.29, 0.717) is 16.2 Å². The first kappa shape index (κ1) is 9.85. The van der Waals surface area contributed by atoms with Crippen LogP contribution >= 0.6 is 12.2 Å². The molecule has 0 aliphatic rings. The number of nitrogens with zero attached hydrogens (tertiary/aromatic N) is 2. The fourth-order valence-electron chi connectivity index (χ4n) is 1.27. The summed E-state index contributed by atoms with van der Waals surface area (Å²) in [5.74, 6) is -0.252. The molecule has 0 aliphatic heterocycles. The molecule has 1 aromatic carbocycles. The van der Waals surface area contributed by atoms with Gasteiger partial charge in [0.05, 0.1) is 5.56 Å². The Morgan fingerprint density at radius 2 is 2.27 bits per heavy atom. The van der Waals surface area contributed by atoms with E-state index in [0.717, 1.165) is 6.07 Å². The lowest BCUT2D eigenvalue weighted by Gasteiger charge is -2.02. The lowest BCUT2D eigenvalue weighted by molar-refractivity contribution is 0.469. The zero-order chi connectivity index (χ0) is 11.0. The van der Waals surface area contributed by atoms with Crippen molar-refractivity contribution in [2.75, 3.05) is 0 Å². The van der Waals surface area contributed by atoms with Gasteiger partial charge in [0.25, 0.3) is 0 Å². The first-order valence-corrected chi connectivity index (χ1v) is 4.60. The largest absolute Gasteiger partial charge is 0.508 e. The highest BCUT2D eigenvalue weighted by atomic mass is 32.1. The van der Waals surface area contributed by atoms with E-state index in [1.807, 2.05) is 0 Å². The third-order valence-electron chi connectivity index (χ3n) is 2.07. The van der Waals surface area contributed by atoms with E-state index >= 15 is 0 Å². The van der Waals surface area contributed by atoms with Crippen LogP contribution in [0.15, 0.2) is 18.2 Å². The van der Waals surface area contributed by atoms with Gasteiger partial charge in [-0.3, -0.25) is 5.10 Å². The highest BCUT2D eigenvalue weighted by Gasteiger charge is 2.11. The molecule has 1 heterocycles. The lowest BCUT2D eigenvalue weighted by atomic mass is 10.2. The van der Waals surface area contributed by atoms with Gasteiger partial charge in [-0.15, -0.1) is 0 Å². The number of phenolic OH excluding ortho intramolecular Hbond substituents is 1. The maximum atomic E-state index is 13.5. The number of nitrogens with one attached hydrogen (secondary N) is 1. The quantitative estimate of drug-likeness (QED) is 0.730. The molecule has 0 atom stereocenters. The number of aromatic hydroxyl groups is 1. The molecule has 0 saturated heterocycles. The maximum absolute atomic E-state index is 13.5. The summed E-state index contributed by atoms with van der Waals surface area (Å²) in [4.78, 5) is 0. The first-order valence-electron chi connectivity index (χ1n) is 4.20. The van der Waals surface area contributed by atoms with Crippen molar-refractivity contribution in [3.05, 3.63) is 28.8 Å². The van der Waals surface area contributed by atoms with Crippen molar-refractivity contribution in [3.63, 3.8) is 0 Å². The molecular weight excluding hydrogens is 217 g/mol. The molecule has 0 spiro atoms. The van der Waals surface area contributed by atoms with Gasteiger partial charge < -0.3 is 9.67 Å². The van der Waals surface area contributed by atoms with Gasteiger partial charge in [0, 0.05) is 13.1 Å². The zero-order valence-corrected chi connectivity index (χ0v) is 8.68. The predicted octanol–water partition coefficient (Wildman–Crippen LogP) is 1.99. The first-order chi connectivity index (χ1) is 7.09. The minimum Gasteiger partial charge on any atom is -0.508 e. The Balaban J connectivity index is 2.64. The van der Waals surface area contributed by atoms with Crippen LogP contribution in [0.4, 0.5) is 4.39 Å². The Kier molecular flexibility index (Phi) is 2.28. The topological polar surface area (TPSA) is 53.8 Å². The number of rotatable bonds is 1. The monoisotopic (exact) mass is 225 g/mol. The van der Waals surface area contributed by atoms with E-state index in [-0.39, 0.29) is 5.75 Å². The normalized spacial score (nSPS) is 10.5. The number of aromatic nitrogens is 3. The van der Waals surface area contributed by atoms with E-state index < -0.39 is 5.82 Å². The Bertz CT molecular complexity index is 561. The van der Waals surface area contributed by atoms with Gasteiger partial charge in [0.2, 0.25) is 0 Å². The van der Waals surface area contributed by atoms with E-state index in [1.54, 1.807) is 11.6 Å². The van der Waals surface area contributed by atoms with Crippen LogP contribution in [0.3, 0.4) is 0 Å². The third kappa shape index (κ3) is 1.63. The zero-order valence-electron chi connectivity index (χ0n) is 7.86. The van der Waals surface area contributed by atoms with Crippen molar-refractivity contribution in [1.82, 2.24) is 14.8 Å². The van der Waals surface area contributed by atoms with Crippen LogP contribution in [-0.2, 0) is 7.05 Å². The van der Waals surface area contributed by atoms with Crippen molar-refractivity contribution < 1.29 is 9.50 Å². The lowest BCUT2D eigenvalue weighted by Crippen LogP contribution is -1.94. The number of phenols is 1. The second kappa shape index (κ2) is 3.47. The second-order valence-corrected chi connectivity index (χ2v) is 3.46. The van der Waals surface area contributed by atoms with Crippen molar-refractivity contribution in [3.8, 4) is 17.1 Å². The summed E-state index contributed by atoms with van der Waals surface area (Å²) < 4.78 is 15.4. The van der Waals surface area contributed by atoms with Crippen LogP contribution in [-0.4, -0.2) is 19.9 Å². The molecule has 0 unspecified atom stereocenters. The average Bonchev–Trinajstić information content (AvgIpc) is 2.49. The molecule has 0 radical (unpaired) electrons.